The Hall–Kier alpha value is -2.44. The molecule has 1 aromatic carbocycles. The molecule has 0 unspecified atom stereocenters. The third-order valence-electron chi connectivity index (χ3n) is 3.81. The van der Waals surface area contributed by atoms with E-state index in [2.05, 4.69) is 0 Å². The third-order valence-corrected chi connectivity index (χ3v) is 5.84. The quantitative estimate of drug-likeness (QED) is 0.634. The lowest BCUT2D eigenvalue weighted by Crippen LogP contribution is -2.32. The fourth-order valence-corrected chi connectivity index (χ4v) is 4.44. The van der Waals surface area contributed by atoms with Crippen LogP contribution < -0.4 is 14.8 Å². The van der Waals surface area contributed by atoms with E-state index in [0.717, 1.165) is 16.0 Å². The van der Waals surface area contributed by atoms with E-state index >= 15 is 0 Å². The van der Waals surface area contributed by atoms with Gasteiger partial charge in [0, 0.05) is 4.88 Å². The second kappa shape index (κ2) is 8.29. The molecule has 2 heterocycles. The molecule has 0 radical (unpaired) electrons. The number of carbonyl (C=O) groups excluding carboxylic acids is 1. The maximum Gasteiger partial charge on any atom is 0.333 e. The Morgan fingerprint density at radius 3 is 2.65 bits per heavy atom. The Labute approximate surface area is 159 Å². The number of hydrogen-bond donors (Lipinski definition) is 0. The van der Waals surface area contributed by atoms with Crippen molar-refractivity contribution in [3.05, 3.63) is 77.3 Å². The van der Waals surface area contributed by atoms with Crippen LogP contribution in [0.15, 0.2) is 46.6 Å². The van der Waals surface area contributed by atoms with Gasteiger partial charge in [-0.2, -0.15) is 0 Å². The van der Waals surface area contributed by atoms with Crippen molar-refractivity contribution in [1.82, 2.24) is 4.57 Å². The number of hydrogen-bond acceptors (Lipinski definition) is 5. The molecule has 3 rings (SSSR count). The van der Waals surface area contributed by atoms with Crippen molar-refractivity contribution in [3.63, 3.8) is 0 Å². The van der Waals surface area contributed by atoms with Gasteiger partial charge >= 0.3 is 5.97 Å². The number of benzene rings is 1. The van der Waals surface area contributed by atoms with Gasteiger partial charge in [-0.15, -0.1) is 22.7 Å². The van der Waals surface area contributed by atoms with Crippen molar-refractivity contribution < 1.29 is 9.53 Å². The average molecular weight is 386 g/mol. The largest absolute Gasteiger partial charge is 0.463 e. The number of aromatic nitrogens is 1. The summed E-state index contributed by atoms with van der Waals surface area (Å²) in [5, 5.41) is 2.00. The summed E-state index contributed by atoms with van der Waals surface area (Å²) in [6.07, 6.45) is 3.30. The third kappa shape index (κ3) is 4.20. The lowest BCUT2D eigenvalue weighted by atomic mass is 10.2. The summed E-state index contributed by atoms with van der Waals surface area (Å²) in [5.41, 5.74) is 2.04. The summed E-state index contributed by atoms with van der Waals surface area (Å²) in [6.45, 7) is 4.50. The molecular weight excluding hydrogens is 366 g/mol. The van der Waals surface area contributed by atoms with Crippen molar-refractivity contribution in [2.45, 2.75) is 20.4 Å². The van der Waals surface area contributed by atoms with Gasteiger partial charge < -0.3 is 4.74 Å². The van der Waals surface area contributed by atoms with Gasteiger partial charge in [0.25, 0.3) is 5.56 Å². The van der Waals surface area contributed by atoms with E-state index in [1.165, 1.54) is 17.4 Å². The number of esters is 1. The lowest BCUT2D eigenvalue weighted by Gasteiger charge is -2.02. The lowest BCUT2D eigenvalue weighted by molar-refractivity contribution is -0.135. The Balaban J connectivity index is 2.14. The molecule has 0 saturated carbocycles. The van der Waals surface area contributed by atoms with Crippen LogP contribution in [0.5, 0.6) is 0 Å². The Bertz CT molecular complexity index is 1070. The number of thiophene rings is 1. The molecule has 3 aromatic rings. The first-order valence-corrected chi connectivity index (χ1v) is 9.96. The molecule has 6 heteroatoms. The highest BCUT2D eigenvalue weighted by Crippen LogP contribution is 2.15. The molecule has 0 aliphatic rings. The van der Waals surface area contributed by atoms with Crippen LogP contribution >= 0.6 is 22.7 Å². The summed E-state index contributed by atoms with van der Waals surface area (Å²) >= 11 is 2.91. The topological polar surface area (TPSA) is 48.3 Å². The molecule has 0 aliphatic heterocycles. The summed E-state index contributed by atoms with van der Waals surface area (Å²) < 4.78 is 7.85. The molecule has 0 fully saturated rings. The van der Waals surface area contributed by atoms with E-state index in [1.54, 1.807) is 22.8 Å². The number of carbonyl (C=O) groups is 1. The van der Waals surface area contributed by atoms with Crippen LogP contribution in [-0.2, 0) is 16.1 Å². The molecule has 0 N–H and O–H groups in total. The highest BCUT2D eigenvalue weighted by Gasteiger charge is 2.08. The zero-order valence-electron chi connectivity index (χ0n) is 14.6. The van der Waals surface area contributed by atoms with E-state index < -0.39 is 5.97 Å². The molecule has 0 atom stereocenters. The van der Waals surface area contributed by atoms with Crippen LogP contribution in [0, 0.1) is 6.92 Å². The SMILES string of the molecule is CCOC(=O)C=c1sc(=Cc2sccc2C)c(=O)n1Cc1ccccc1. The summed E-state index contributed by atoms with van der Waals surface area (Å²) in [4.78, 5) is 25.9. The van der Waals surface area contributed by atoms with E-state index in [1.807, 2.05) is 54.8 Å². The molecule has 0 aliphatic carbocycles. The van der Waals surface area contributed by atoms with Crippen molar-refractivity contribution in [1.29, 1.82) is 0 Å². The number of thiazole rings is 1. The van der Waals surface area contributed by atoms with Crippen molar-refractivity contribution in [2.24, 2.45) is 0 Å². The fraction of sp³-hybridized carbons (Fsp3) is 0.200. The number of rotatable bonds is 5. The van der Waals surface area contributed by atoms with Gasteiger partial charge in [-0.05, 0) is 42.5 Å². The Kier molecular flexibility index (Phi) is 5.85. The highest BCUT2D eigenvalue weighted by molar-refractivity contribution is 7.11. The Morgan fingerprint density at radius 1 is 1.23 bits per heavy atom. The minimum absolute atomic E-state index is 0.0952. The number of aryl methyl sites for hydroxylation is 1. The van der Waals surface area contributed by atoms with Crippen molar-refractivity contribution in [2.75, 3.05) is 6.61 Å². The van der Waals surface area contributed by atoms with Gasteiger partial charge in [-0.3, -0.25) is 9.36 Å². The summed E-state index contributed by atoms with van der Waals surface area (Å²) in [6, 6.07) is 11.8. The van der Waals surface area contributed by atoms with E-state index in [-0.39, 0.29) is 5.56 Å². The van der Waals surface area contributed by atoms with E-state index in [0.29, 0.717) is 22.3 Å². The van der Waals surface area contributed by atoms with Crippen LogP contribution in [0.1, 0.15) is 22.9 Å². The Morgan fingerprint density at radius 2 is 2.00 bits per heavy atom. The second-order valence-electron chi connectivity index (χ2n) is 5.69. The molecule has 4 nitrogen and oxygen atoms in total. The first-order chi connectivity index (χ1) is 12.6. The van der Waals surface area contributed by atoms with Crippen molar-refractivity contribution in [3.8, 4) is 0 Å². The summed E-state index contributed by atoms with van der Waals surface area (Å²) in [5.74, 6) is -0.436. The maximum atomic E-state index is 12.9. The van der Waals surface area contributed by atoms with Gasteiger partial charge in [0.2, 0.25) is 0 Å². The highest BCUT2D eigenvalue weighted by atomic mass is 32.1. The first kappa shape index (κ1) is 18.4. The molecular formula is C20H19NO3S2. The predicted molar refractivity (Wildman–Crippen MR) is 107 cm³/mol. The van der Waals surface area contributed by atoms with E-state index in [4.69, 9.17) is 4.74 Å². The maximum absolute atomic E-state index is 12.9. The van der Waals surface area contributed by atoms with E-state index in [9.17, 15) is 9.59 Å². The smallest absolute Gasteiger partial charge is 0.333 e. The van der Waals surface area contributed by atoms with Gasteiger partial charge in [0.1, 0.15) is 4.66 Å². The molecule has 0 saturated heterocycles. The molecule has 134 valence electrons. The molecule has 0 amide bonds. The zero-order chi connectivity index (χ0) is 18.5. The number of nitrogens with zero attached hydrogens (tertiary/aromatic N) is 1. The fourth-order valence-electron chi connectivity index (χ4n) is 2.49. The summed E-state index contributed by atoms with van der Waals surface area (Å²) in [7, 11) is 0. The zero-order valence-corrected chi connectivity index (χ0v) is 16.2. The van der Waals surface area contributed by atoms with Gasteiger partial charge in [0.05, 0.1) is 23.8 Å². The first-order valence-electron chi connectivity index (χ1n) is 8.26. The second-order valence-corrected chi connectivity index (χ2v) is 7.70. The molecule has 2 aromatic heterocycles. The molecule has 26 heavy (non-hydrogen) atoms. The number of ether oxygens (including phenoxy) is 1. The average Bonchev–Trinajstić information content (AvgIpc) is 3.15. The van der Waals surface area contributed by atoms with Crippen molar-refractivity contribution >= 4 is 40.8 Å². The van der Waals surface area contributed by atoms with Gasteiger partial charge in [-0.25, -0.2) is 4.79 Å². The minimum atomic E-state index is -0.436. The normalized spacial score (nSPS) is 12.5. The van der Waals surface area contributed by atoms with Gasteiger partial charge in [0.15, 0.2) is 0 Å². The van der Waals surface area contributed by atoms with Crippen LogP contribution in [-0.4, -0.2) is 17.1 Å². The molecule has 0 spiro atoms. The van der Waals surface area contributed by atoms with Crippen LogP contribution in [0.4, 0.5) is 0 Å². The standard InChI is InChI=1S/C20H19NO3S2/c1-3-24-19(22)12-18-21(13-15-7-5-4-6-8-15)20(23)17(26-18)11-16-14(2)9-10-25-16/h4-12H,3,13H2,1-2H3. The van der Waals surface area contributed by atoms with Crippen LogP contribution in [0.3, 0.4) is 0 Å². The monoisotopic (exact) mass is 385 g/mol. The minimum Gasteiger partial charge on any atom is -0.463 e. The van der Waals surface area contributed by atoms with Crippen LogP contribution in [0.25, 0.3) is 12.2 Å². The molecule has 0 bridgehead atoms. The van der Waals surface area contributed by atoms with Gasteiger partial charge in [-0.1, -0.05) is 30.3 Å². The van der Waals surface area contributed by atoms with Crippen LogP contribution in [0.2, 0.25) is 0 Å². The predicted octanol–water partition coefficient (Wildman–Crippen LogP) is 2.50.